The van der Waals surface area contributed by atoms with E-state index in [2.05, 4.69) is 17.5 Å². The van der Waals surface area contributed by atoms with Gasteiger partial charge in [0.1, 0.15) is 11.5 Å². The maximum Gasteiger partial charge on any atom is 0.335 e. The highest BCUT2D eigenvalue weighted by Gasteiger charge is 2.39. The van der Waals surface area contributed by atoms with Gasteiger partial charge in [-0.3, -0.25) is 0 Å². The molecule has 1 aliphatic heterocycles. The third kappa shape index (κ3) is 2.60. The number of rotatable bonds is 4. The van der Waals surface area contributed by atoms with Gasteiger partial charge in [0.25, 0.3) is 0 Å². The summed E-state index contributed by atoms with van der Waals surface area (Å²) in [7, 11) is 3.33. The summed E-state index contributed by atoms with van der Waals surface area (Å²) >= 11 is 0. The molecule has 1 heterocycles. The second kappa shape index (κ2) is 6.41. The Hall–Kier alpha value is -2.95. The normalized spacial score (nSPS) is 22.9. The maximum absolute atomic E-state index is 11.3. The lowest BCUT2D eigenvalue weighted by atomic mass is 9.76. The second-order valence-corrected chi connectivity index (χ2v) is 6.69. The molecular weight excluding hydrogens is 330 g/mol. The molecule has 0 amide bonds. The van der Waals surface area contributed by atoms with Gasteiger partial charge in [-0.2, -0.15) is 0 Å². The van der Waals surface area contributed by atoms with E-state index in [1.807, 2.05) is 24.3 Å². The van der Waals surface area contributed by atoms with Crippen molar-refractivity contribution in [2.45, 2.75) is 18.4 Å². The Morgan fingerprint density at radius 2 is 1.96 bits per heavy atom. The molecular formula is C21H21NO4. The zero-order chi connectivity index (χ0) is 18.3. The molecule has 0 bridgehead atoms. The molecule has 26 heavy (non-hydrogen) atoms. The molecule has 2 N–H and O–H groups in total. The van der Waals surface area contributed by atoms with Crippen molar-refractivity contribution in [2.24, 2.45) is 5.92 Å². The zero-order valence-corrected chi connectivity index (χ0v) is 14.7. The average molecular weight is 351 g/mol. The van der Waals surface area contributed by atoms with E-state index in [1.165, 1.54) is 0 Å². The maximum atomic E-state index is 11.3. The Kier molecular flexibility index (Phi) is 4.07. The van der Waals surface area contributed by atoms with Crippen molar-refractivity contribution >= 4 is 11.7 Å². The number of allylic oxidation sites excluding steroid dienone is 2. The number of hydrogen-bond donors (Lipinski definition) is 2. The number of carbonyl (C=O) groups is 1. The first kappa shape index (κ1) is 16.5. The van der Waals surface area contributed by atoms with Crippen LogP contribution in [0.15, 0.2) is 48.6 Å². The number of benzene rings is 2. The number of methoxy groups -OCH3 is 2. The average Bonchev–Trinajstić information content (AvgIpc) is 3.16. The van der Waals surface area contributed by atoms with Gasteiger partial charge in [-0.05, 0) is 54.3 Å². The van der Waals surface area contributed by atoms with Crippen molar-refractivity contribution < 1.29 is 19.4 Å². The standard InChI is InChI=1S/C21H21NO4/c1-25-13-7-9-19(26-2)17(11-13)20-15-5-3-4-14(15)16-10-12(21(23)24)6-8-18(16)22-20/h3-4,6-11,14-15,20,22H,5H2,1-2H3,(H,23,24)/t14-,15-,20+/m0/s1. The second-order valence-electron chi connectivity index (χ2n) is 6.69. The Morgan fingerprint density at radius 3 is 2.69 bits per heavy atom. The van der Waals surface area contributed by atoms with E-state index in [0.717, 1.165) is 34.7 Å². The van der Waals surface area contributed by atoms with Gasteiger partial charge < -0.3 is 19.9 Å². The van der Waals surface area contributed by atoms with Gasteiger partial charge >= 0.3 is 5.97 Å². The molecule has 0 radical (unpaired) electrons. The van der Waals surface area contributed by atoms with Crippen molar-refractivity contribution in [1.82, 2.24) is 0 Å². The molecule has 2 aromatic rings. The van der Waals surface area contributed by atoms with Crippen molar-refractivity contribution in [3.8, 4) is 11.5 Å². The van der Waals surface area contributed by atoms with Gasteiger partial charge in [0.15, 0.2) is 0 Å². The van der Waals surface area contributed by atoms with Crippen LogP contribution in [-0.2, 0) is 0 Å². The van der Waals surface area contributed by atoms with Crippen LogP contribution < -0.4 is 14.8 Å². The fraction of sp³-hybridized carbons (Fsp3) is 0.286. The molecule has 0 fully saturated rings. The SMILES string of the molecule is COc1ccc(OC)c([C@@H]2Nc3ccc(C(=O)O)cc3[C@H]3C=CC[C@@H]32)c1. The van der Waals surface area contributed by atoms with E-state index < -0.39 is 5.97 Å². The number of hydrogen-bond acceptors (Lipinski definition) is 4. The fourth-order valence-corrected chi connectivity index (χ4v) is 4.12. The van der Waals surface area contributed by atoms with Crippen molar-refractivity contribution in [3.63, 3.8) is 0 Å². The third-order valence-electron chi connectivity index (χ3n) is 5.38. The van der Waals surface area contributed by atoms with Crippen LogP contribution in [-0.4, -0.2) is 25.3 Å². The molecule has 4 rings (SSSR count). The Labute approximate surface area is 152 Å². The lowest BCUT2D eigenvalue weighted by molar-refractivity contribution is 0.0696. The smallest absolute Gasteiger partial charge is 0.335 e. The van der Waals surface area contributed by atoms with Crippen LogP contribution in [0.1, 0.15) is 39.9 Å². The number of fused-ring (bicyclic) bond motifs is 3. The van der Waals surface area contributed by atoms with Crippen LogP contribution >= 0.6 is 0 Å². The lowest BCUT2D eigenvalue weighted by Crippen LogP contribution is -2.29. The van der Waals surface area contributed by atoms with Crippen LogP contribution in [0.2, 0.25) is 0 Å². The molecule has 0 saturated heterocycles. The molecule has 0 spiro atoms. The number of carboxylic acids is 1. The molecule has 0 unspecified atom stereocenters. The highest BCUT2D eigenvalue weighted by Crippen LogP contribution is 2.51. The largest absolute Gasteiger partial charge is 0.497 e. The minimum Gasteiger partial charge on any atom is -0.497 e. The first-order valence-corrected chi connectivity index (χ1v) is 8.64. The molecule has 3 atom stereocenters. The lowest BCUT2D eigenvalue weighted by Gasteiger charge is -2.38. The van der Waals surface area contributed by atoms with E-state index in [9.17, 15) is 9.90 Å². The minimum absolute atomic E-state index is 0.0585. The zero-order valence-electron chi connectivity index (χ0n) is 14.7. The van der Waals surface area contributed by atoms with E-state index in [0.29, 0.717) is 11.5 Å². The summed E-state index contributed by atoms with van der Waals surface area (Å²) in [5, 5.41) is 12.9. The van der Waals surface area contributed by atoms with Crippen LogP contribution in [0.5, 0.6) is 11.5 Å². The van der Waals surface area contributed by atoms with Crippen molar-refractivity contribution in [1.29, 1.82) is 0 Å². The van der Waals surface area contributed by atoms with Crippen LogP contribution in [0, 0.1) is 5.92 Å². The van der Waals surface area contributed by atoms with Gasteiger partial charge in [0.2, 0.25) is 0 Å². The van der Waals surface area contributed by atoms with Crippen molar-refractivity contribution in [3.05, 3.63) is 65.2 Å². The molecule has 2 aromatic carbocycles. The molecule has 134 valence electrons. The number of anilines is 1. The van der Waals surface area contributed by atoms with E-state index in [-0.39, 0.29) is 12.0 Å². The number of aromatic carboxylic acids is 1. The van der Waals surface area contributed by atoms with Gasteiger partial charge in [-0.15, -0.1) is 0 Å². The summed E-state index contributed by atoms with van der Waals surface area (Å²) in [6.45, 7) is 0. The quantitative estimate of drug-likeness (QED) is 0.807. The number of nitrogens with one attached hydrogen (secondary N) is 1. The van der Waals surface area contributed by atoms with E-state index in [1.54, 1.807) is 26.4 Å². The summed E-state index contributed by atoms with van der Waals surface area (Å²) in [6.07, 6.45) is 5.30. The van der Waals surface area contributed by atoms with Crippen LogP contribution in [0.25, 0.3) is 0 Å². The summed E-state index contributed by atoms with van der Waals surface area (Å²) in [6, 6.07) is 11.2. The van der Waals surface area contributed by atoms with Crippen LogP contribution in [0.3, 0.4) is 0 Å². The van der Waals surface area contributed by atoms with Gasteiger partial charge in [0, 0.05) is 17.2 Å². The Morgan fingerprint density at radius 1 is 1.12 bits per heavy atom. The summed E-state index contributed by atoms with van der Waals surface area (Å²) in [4.78, 5) is 11.3. The van der Waals surface area contributed by atoms with Gasteiger partial charge in [0.05, 0.1) is 25.8 Å². The summed E-state index contributed by atoms with van der Waals surface area (Å²) in [5.74, 6) is 1.19. The summed E-state index contributed by atoms with van der Waals surface area (Å²) in [5.41, 5.74) is 3.39. The highest BCUT2D eigenvalue weighted by molar-refractivity contribution is 5.89. The Bertz CT molecular complexity index is 890. The molecule has 2 aliphatic rings. The predicted octanol–water partition coefficient (Wildman–Crippen LogP) is 4.23. The highest BCUT2D eigenvalue weighted by atomic mass is 16.5. The molecule has 0 saturated carbocycles. The Balaban J connectivity index is 1.80. The first-order valence-electron chi connectivity index (χ1n) is 8.64. The molecule has 0 aromatic heterocycles. The monoisotopic (exact) mass is 351 g/mol. The number of ether oxygens (including phenoxy) is 2. The van der Waals surface area contributed by atoms with Gasteiger partial charge in [-0.1, -0.05) is 12.2 Å². The third-order valence-corrected chi connectivity index (χ3v) is 5.38. The first-order chi connectivity index (χ1) is 12.6. The summed E-state index contributed by atoms with van der Waals surface area (Å²) < 4.78 is 11.0. The minimum atomic E-state index is -0.900. The molecule has 1 aliphatic carbocycles. The molecule has 5 heteroatoms. The predicted molar refractivity (Wildman–Crippen MR) is 99.3 cm³/mol. The van der Waals surface area contributed by atoms with Crippen molar-refractivity contribution in [2.75, 3.05) is 19.5 Å². The molecule has 5 nitrogen and oxygen atoms in total. The van der Waals surface area contributed by atoms with E-state index >= 15 is 0 Å². The fourth-order valence-electron chi connectivity index (χ4n) is 4.12. The topological polar surface area (TPSA) is 67.8 Å². The van der Waals surface area contributed by atoms with E-state index in [4.69, 9.17) is 9.47 Å². The number of carboxylic acid groups (broad SMARTS) is 1. The van der Waals surface area contributed by atoms with Gasteiger partial charge in [-0.25, -0.2) is 4.79 Å². The van der Waals surface area contributed by atoms with Crippen LogP contribution in [0.4, 0.5) is 5.69 Å².